The molecule has 7 nitrogen and oxygen atoms in total. The van der Waals surface area contributed by atoms with Crippen molar-refractivity contribution in [2.75, 3.05) is 18.3 Å². The first-order valence-corrected chi connectivity index (χ1v) is 13.4. The number of rotatable bonds is 5. The van der Waals surface area contributed by atoms with Gasteiger partial charge in [0.05, 0.1) is 22.7 Å². The van der Waals surface area contributed by atoms with Gasteiger partial charge in [0.15, 0.2) is 27.1 Å². The third-order valence-electron chi connectivity index (χ3n) is 6.89. The summed E-state index contributed by atoms with van der Waals surface area (Å²) in [6, 6.07) is 16.9. The van der Waals surface area contributed by atoms with E-state index in [2.05, 4.69) is 0 Å². The zero-order chi connectivity index (χ0) is 25.1. The van der Waals surface area contributed by atoms with Crippen molar-refractivity contribution in [1.29, 1.82) is 0 Å². The maximum Gasteiger partial charge on any atom is 0.231 e. The minimum atomic E-state index is -3.11. The lowest BCUT2D eigenvalue weighted by atomic mass is 9.83. The molecule has 1 unspecified atom stereocenters. The number of aromatic nitrogens is 2. The third kappa shape index (κ3) is 4.03. The van der Waals surface area contributed by atoms with Crippen LogP contribution in [0.5, 0.6) is 11.5 Å². The Labute approximate surface area is 207 Å². The van der Waals surface area contributed by atoms with Crippen molar-refractivity contribution < 1.29 is 27.1 Å². The van der Waals surface area contributed by atoms with E-state index in [0.29, 0.717) is 40.4 Å². The molecular weight excluding hydrogens is 483 g/mol. The Balaban J connectivity index is 1.44. The summed E-state index contributed by atoms with van der Waals surface area (Å²) < 4.78 is 50.3. The number of sulfone groups is 1. The highest BCUT2D eigenvalue weighted by atomic mass is 32.2. The monoisotopic (exact) mass is 506 g/mol. The predicted molar refractivity (Wildman–Crippen MR) is 133 cm³/mol. The molecular formula is C27H23FN2O5S. The fourth-order valence-corrected chi connectivity index (χ4v) is 7.29. The van der Waals surface area contributed by atoms with Crippen LogP contribution in [0.1, 0.15) is 30.1 Å². The van der Waals surface area contributed by atoms with Crippen molar-refractivity contribution >= 4 is 26.5 Å². The molecule has 1 atom stereocenters. The molecule has 0 saturated carbocycles. The number of benzene rings is 3. The number of nitrogens with zero attached hydrogens (tertiary/aromatic N) is 2. The largest absolute Gasteiger partial charge is 0.454 e. The molecule has 0 N–H and O–H groups in total. The molecule has 0 spiro atoms. The molecule has 1 saturated heterocycles. The van der Waals surface area contributed by atoms with Gasteiger partial charge in [0.1, 0.15) is 11.5 Å². The fraction of sp³-hybridized carbons (Fsp3) is 0.259. The second-order valence-corrected chi connectivity index (χ2v) is 12.0. The Hall–Kier alpha value is -3.72. The average Bonchev–Trinajstić information content (AvgIpc) is 3.53. The van der Waals surface area contributed by atoms with Gasteiger partial charge in [0.2, 0.25) is 6.79 Å². The first kappa shape index (κ1) is 22.7. The van der Waals surface area contributed by atoms with Crippen molar-refractivity contribution in [2.45, 2.75) is 19.8 Å². The van der Waals surface area contributed by atoms with Gasteiger partial charge in [-0.25, -0.2) is 17.5 Å². The Bertz CT molecular complexity index is 1630. The van der Waals surface area contributed by atoms with Crippen LogP contribution >= 0.6 is 0 Å². The molecule has 3 heterocycles. The van der Waals surface area contributed by atoms with Gasteiger partial charge in [-0.05, 0) is 66.4 Å². The highest BCUT2D eigenvalue weighted by Crippen LogP contribution is 2.39. The average molecular weight is 507 g/mol. The Morgan fingerprint density at radius 3 is 2.58 bits per heavy atom. The maximum atomic E-state index is 13.6. The number of carbonyl (C=O) groups excluding carboxylic acids is 1. The van der Waals surface area contributed by atoms with E-state index in [4.69, 9.17) is 14.6 Å². The molecule has 0 aliphatic carbocycles. The number of carbonyl (C=O) groups is 1. The van der Waals surface area contributed by atoms with Crippen LogP contribution in [0, 0.1) is 11.2 Å². The highest BCUT2D eigenvalue weighted by Gasteiger charge is 2.40. The van der Waals surface area contributed by atoms with Gasteiger partial charge in [-0.15, -0.1) is 0 Å². The molecule has 9 heteroatoms. The predicted octanol–water partition coefficient (Wildman–Crippen LogP) is 4.96. The molecule has 0 amide bonds. The summed E-state index contributed by atoms with van der Waals surface area (Å²) in [5.74, 6) is 0.955. The molecule has 6 rings (SSSR count). The van der Waals surface area contributed by atoms with Gasteiger partial charge in [-0.1, -0.05) is 13.0 Å². The van der Waals surface area contributed by atoms with Crippen molar-refractivity contribution in [3.8, 4) is 28.4 Å². The van der Waals surface area contributed by atoms with Crippen LogP contribution < -0.4 is 9.47 Å². The van der Waals surface area contributed by atoms with Crippen LogP contribution in [-0.2, 0) is 9.84 Å². The van der Waals surface area contributed by atoms with Crippen molar-refractivity contribution in [2.24, 2.45) is 5.41 Å². The number of Topliss-reactive ketones (excluding diaryl/α,β-unsaturated/α-hetero) is 1. The topological polar surface area (TPSA) is 87.5 Å². The minimum absolute atomic E-state index is 0.0236. The van der Waals surface area contributed by atoms with E-state index < -0.39 is 15.3 Å². The lowest BCUT2D eigenvalue weighted by molar-refractivity contribution is 0.0934. The standard InChI is InChI=1S/C27H23FN2O5S/c1-27(10-11-36(32,33)15-27)14-23(31)17-2-8-21-22(12-17)30(20-6-4-19(28)5-7-20)29-26(21)18-3-9-24-25(13-18)35-16-34-24/h2-9,12-13H,10-11,14-16H2,1H3. The quantitative estimate of drug-likeness (QED) is 0.356. The summed E-state index contributed by atoms with van der Waals surface area (Å²) in [6.07, 6.45) is 0.628. The van der Waals surface area contributed by atoms with Crippen LogP contribution in [0.3, 0.4) is 0 Å². The zero-order valence-electron chi connectivity index (χ0n) is 19.5. The van der Waals surface area contributed by atoms with E-state index in [0.717, 1.165) is 10.9 Å². The first-order chi connectivity index (χ1) is 17.2. The Morgan fingerprint density at radius 1 is 1.06 bits per heavy atom. The van der Waals surface area contributed by atoms with Crippen LogP contribution in [-0.4, -0.2) is 42.3 Å². The maximum absolute atomic E-state index is 13.6. The molecule has 184 valence electrons. The smallest absolute Gasteiger partial charge is 0.231 e. The fourth-order valence-electron chi connectivity index (χ4n) is 5.03. The summed E-state index contributed by atoms with van der Waals surface area (Å²) in [7, 11) is -3.11. The number of ether oxygens (including phenoxy) is 2. The SMILES string of the molecule is CC1(CC(=O)c2ccc3c(-c4ccc5c(c4)OCO5)nn(-c4ccc(F)cc4)c3c2)CCS(=O)(=O)C1. The van der Waals surface area contributed by atoms with Gasteiger partial charge in [-0.3, -0.25) is 4.79 Å². The van der Waals surface area contributed by atoms with Crippen LogP contribution in [0.15, 0.2) is 60.7 Å². The van der Waals surface area contributed by atoms with E-state index in [9.17, 15) is 17.6 Å². The van der Waals surface area contributed by atoms with E-state index in [1.807, 2.05) is 31.2 Å². The number of ketones is 1. The van der Waals surface area contributed by atoms with Gasteiger partial charge < -0.3 is 9.47 Å². The van der Waals surface area contributed by atoms with Gasteiger partial charge in [0, 0.05) is 22.9 Å². The zero-order valence-corrected chi connectivity index (χ0v) is 20.3. The van der Waals surface area contributed by atoms with Crippen LogP contribution in [0.4, 0.5) is 4.39 Å². The second kappa shape index (κ2) is 8.16. The number of hydrogen-bond donors (Lipinski definition) is 0. The number of hydrogen-bond acceptors (Lipinski definition) is 6. The molecule has 1 aromatic heterocycles. The van der Waals surface area contributed by atoms with Crippen LogP contribution in [0.25, 0.3) is 27.8 Å². The van der Waals surface area contributed by atoms with E-state index in [1.54, 1.807) is 28.9 Å². The molecule has 2 aliphatic rings. The molecule has 1 fully saturated rings. The van der Waals surface area contributed by atoms with Crippen molar-refractivity contribution in [1.82, 2.24) is 9.78 Å². The minimum Gasteiger partial charge on any atom is -0.454 e. The van der Waals surface area contributed by atoms with E-state index in [1.165, 1.54) is 12.1 Å². The lowest BCUT2D eigenvalue weighted by Gasteiger charge is -2.20. The summed E-state index contributed by atoms with van der Waals surface area (Å²) in [5.41, 5.74) is 2.73. The molecule has 3 aromatic carbocycles. The summed E-state index contributed by atoms with van der Waals surface area (Å²) in [6.45, 7) is 2.02. The van der Waals surface area contributed by atoms with Crippen molar-refractivity contribution in [3.63, 3.8) is 0 Å². The van der Waals surface area contributed by atoms with E-state index >= 15 is 0 Å². The summed E-state index contributed by atoms with van der Waals surface area (Å²) in [5, 5.41) is 5.64. The first-order valence-electron chi connectivity index (χ1n) is 11.6. The molecule has 0 radical (unpaired) electrons. The lowest BCUT2D eigenvalue weighted by Crippen LogP contribution is -2.22. The van der Waals surface area contributed by atoms with Crippen molar-refractivity contribution in [3.05, 3.63) is 72.0 Å². The second-order valence-electron chi connectivity index (χ2n) is 9.79. The number of halogens is 1. The molecule has 36 heavy (non-hydrogen) atoms. The third-order valence-corrected chi connectivity index (χ3v) is 8.86. The Kier molecular flexibility index (Phi) is 5.15. The van der Waals surface area contributed by atoms with E-state index in [-0.39, 0.29) is 36.3 Å². The summed E-state index contributed by atoms with van der Waals surface area (Å²) >= 11 is 0. The molecule has 4 aromatic rings. The highest BCUT2D eigenvalue weighted by molar-refractivity contribution is 7.91. The van der Waals surface area contributed by atoms with Gasteiger partial charge in [0.25, 0.3) is 0 Å². The normalized spacial score (nSPS) is 20.2. The van der Waals surface area contributed by atoms with Gasteiger partial charge in [-0.2, -0.15) is 5.10 Å². The Morgan fingerprint density at radius 2 is 1.83 bits per heavy atom. The summed E-state index contributed by atoms with van der Waals surface area (Å²) in [4.78, 5) is 13.3. The molecule has 0 bridgehead atoms. The number of fused-ring (bicyclic) bond motifs is 2. The van der Waals surface area contributed by atoms with Crippen LogP contribution in [0.2, 0.25) is 0 Å². The van der Waals surface area contributed by atoms with Gasteiger partial charge >= 0.3 is 0 Å². The molecule has 2 aliphatic heterocycles.